The van der Waals surface area contributed by atoms with Crippen LogP contribution in [0.25, 0.3) is 10.9 Å². The Kier molecular flexibility index (Phi) is 6.58. The second-order valence-corrected chi connectivity index (χ2v) is 9.42. The highest BCUT2D eigenvalue weighted by molar-refractivity contribution is 6.21. The maximum Gasteiger partial charge on any atom is 0.261 e. The fourth-order valence-corrected chi connectivity index (χ4v) is 5.34. The highest BCUT2D eigenvalue weighted by atomic mass is 16.2. The summed E-state index contributed by atoms with van der Waals surface area (Å²) in [7, 11) is 0. The molecule has 1 aromatic heterocycles. The van der Waals surface area contributed by atoms with Crippen LogP contribution in [0.2, 0.25) is 0 Å². The summed E-state index contributed by atoms with van der Waals surface area (Å²) in [6.45, 7) is 5.00. The van der Waals surface area contributed by atoms with E-state index in [9.17, 15) is 9.59 Å². The summed E-state index contributed by atoms with van der Waals surface area (Å²) < 4.78 is 2.42. The van der Waals surface area contributed by atoms with Gasteiger partial charge in [-0.2, -0.15) is 0 Å². The molecule has 0 bridgehead atoms. The van der Waals surface area contributed by atoms with Crippen molar-refractivity contribution in [2.24, 2.45) is 0 Å². The number of aromatic nitrogens is 1. The molecule has 172 valence electrons. The number of amides is 2. The van der Waals surface area contributed by atoms with Crippen LogP contribution in [0.1, 0.15) is 71.2 Å². The number of hydrogen-bond acceptors (Lipinski definition) is 3. The summed E-state index contributed by atoms with van der Waals surface area (Å²) in [4.78, 5) is 29.0. The Morgan fingerprint density at radius 1 is 0.697 bits per heavy atom. The van der Waals surface area contributed by atoms with E-state index in [1.54, 1.807) is 12.1 Å². The molecule has 3 heterocycles. The third-order valence-electron chi connectivity index (χ3n) is 7.12. The number of benzene rings is 2. The average Bonchev–Trinajstić information content (AvgIpc) is 3.32. The van der Waals surface area contributed by atoms with Crippen molar-refractivity contribution in [2.75, 3.05) is 19.6 Å². The molecular weight excluding hydrogens is 410 g/mol. The predicted molar refractivity (Wildman–Crippen MR) is 131 cm³/mol. The quantitative estimate of drug-likeness (QED) is 0.325. The van der Waals surface area contributed by atoms with Crippen LogP contribution in [0.3, 0.4) is 0 Å². The number of hydrogen-bond donors (Lipinski definition) is 0. The number of aryl methyl sites for hydroxylation is 1. The maximum absolute atomic E-state index is 12.5. The maximum atomic E-state index is 12.5. The minimum Gasteiger partial charge on any atom is -0.347 e. The minimum absolute atomic E-state index is 0.143. The molecule has 0 spiro atoms. The summed E-state index contributed by atoms with van der Waals surface area (Å²) in [5, 5.41) is 1.38. The van der Waals surface area contributed by atoms with Crippen LogP contribution in [0.5, 0.6) is 0 Å². The molecule has 5 nitrogen and oxygen atoms in total. The molecule has 0 radical (unpaired) electrons. The standard InChI is InChI=1S/C28H33N3O2/c32-27-24-13-4-5-14-25(24)28(33)31(27)19-11-2-1-10-18-30-21-22(20-29-16-8-3-9-17-29)23-12-6-7-15-26(23)30/h4-7,12-15,21H,1-3,8-11,16-20H2. The van der Waals surface area contributed by atoms with Gasteiger partial charge < -0.3 is 4.57 Å². The number of rotatable bonds is 9. The molecule has 2 amide bonds. The van der Waals surface area contributed by atoms with Crippen LogP contribution < -0.4 is 0 Å². The normalized spacial score (nSPS) is 16.7. The van der Waals surface area contributed by atoms with E-state index >= 15 is 0 Å². The van der Waals surface area contributed by atoms with E-state index in [2.05, 4.69) is 39.9 Å². The fraction of sp³-hybridized carbons (Fsp3) is 0.429. The molecule has 0 saturated carbocycles. The highest BCUT2D eigenvalue weighted by Gasteiger charge is 2.34. The zero-order valence-corrected chi connectivity index (χ0v) is 19.3. The summed E-state index contributed by atoms with van der Waals surface area (Å²) in [6, 6.07) is 15.9. The van der Waals surface area contributed by atoms with Crippen molar-refractivity contribution in [1.82, 2.24) is 14.4 Å². The predicted octanol–water partition coefficient (Wildman–Crippen LogP) is 5.48. The molecule has 2 aliphatic rings. The van der Waals surface area contributed by atoms with Gasteiger partial charge in [0.15, 0.2) is 0 Å². The summed E-state index contributed by atoms with van der Waals surface area (Å²) in [5.41, 5.74) is 3.86. The first-order valence-corrected chi connectivity index (χ1v) is 12.5. The average molecular weight is 444 g/mol. The molecule has 1 saturated heterocycles. The molecule has 0 atom stereocenters. The van der Waals surface area contributed by atoms with Crippen molar-refractivity contribution in [3.05, 3.63) is 71.4 Å². The zero-order chi connectivity index (χ0) is 22.6. The number of piperidine rings is 1. The number of carbonyl (C=O) groups is 2. The molecule has 0 unspecified atom stereocenters. The highest BCUT2D eigenvalue weighted by Crippen LogP contribution is 2.25. The lowest BCUT2D eigenvalue weighted by Gasteiger charge is -2.26. The topological polar surface area (TPSA) is 45.6 Å². The molecule has 3 aromatic rings. The molecule has 2 aliphatic heterocycles. The van der Waals surface area contributed by atoms with Gasteiger partial charge in [0, 0.05) is 36.7 Å². The Bertz CT molecular complexity index is 1110. The van der Waals surface area contributed by atoms with Gasteiger partial charge >= 0.3 is 0 Å². The van der Waals surface area contributed by atoms with Crippen molar-refractivity contribution in [2.45, 2.75) is 58.0 Å². The lowest BCUT2D eigenvalue weighted by atomic mass is 10.1. The smallest absolute Gasteiger partial charge is 0.261 e. The number of fused-ring (bicyclic) bond motifs is 2. The third kappa shape index (κ3) is 4.60. The molecule has 1 fully saturated rings. The molecule has 0 N–H and O–H groups in total. The van der Waals surface area contributed by atoms with Crippen LogP contribution in [0, 0.1) is 0 Å². The van der Waals surface area contributed by atoms with Crippen LogP contribution in [0.15, 0.2) is 54.7 Å². The van der Waals surface area contributed by atoms with E-state index in [0.717, 1.165) is 38.8 Å². The monoisotopic (exact) mass is 443 g/mol. The van der Waals surface area contributed by atoms with Crippen LogP contribution >= 0.6 is 0 Å². The molecule has 5 rings (SSSR count). The van der Waals surface area contributed by atoms with Crippen molar-refractivity contribution in [1.29, 1.82) is 0 Å². The Labute approximate surface area is 196 Å². The van der Waals surface area contributed by atoms with Crippen molar-refractivity contribution in [3.63, 3.8) is 0 Å². The molecule has 33 heavy (non-hydrogen) atoms. The van der Waals surface area contributed by atoms with Gasteiger partial charge in [-0.3, -0.25) is 19.4 Å². The number of nitrogens with zero attached hydrogens (tertiary/aromatic N) is 3. The first-order chi connectivity index (χ1) is 16.2. The molecule has 0 aliphatic carbocycles. The first kappa shape index (κ1) is 21.9. The fourth-order valence-electron chi connectivity index (χ4n) is 5.34. The van der Waals surface area contributed by atoms with Crippen LogP contribution in [-0.2, 0) is 13.1 Å². The first-order valence-electron chi connectivity index (χ1n) is 12.5. The van der Waals surface area contributed by atoms with Gasteiger partial charge in [0.05, 0.1) is 11.1 Å². The van der Waals surface area contributed by atoms with Crippen molar-refractivity contribution >= 4 is 22.7 Å². The van der Waals surface area contributed by atoms with Gasteiger partial charge in [-0.15, -0.1) is 0 Å². The van der Waals surface area contributed by atoms with E-state index in [4.69, 9.17) is 0 Å². The SMILES string of the molecule is O=C1c2ccccc2C(=O)N1CCCCCCn1cc(CN2CCCCC2)c2ccccc21. The van der Waals surface area contributed by atoms with Crippen molar-refractivity contribution in [3.8, 4) is 0 Å². The largest absolute Gasteiger partial charge is 0.347 e. The van der Waals surface area contributed by atoms with Crippen molar-refractivity contribution < 1.29 is 9.59 Å². The third-order valence-corrected chi connectivity index (χ3v) is 7.12. The van der Waals surface area contributed by atoms with Crippen LogP contribution in [0.4, 0.5) is 0 Å². The molecular formula is C28H33N3O2. The van der Waals surface area contributed by atoms with Gasteiger partial charge in [0.1, 0.15) is 0 Å². The van der Waals surface area contributed by atoms with Crippen LogP contribution in [-0.4, -0.2) is 45.8 Å². The lowest BCUT2D eigenvalue weighted by molar-refractivity contribution is 0.0651. The second kappa shape index (κ2) is 9.92. The van der Waals surface area contributed by atoms with E-state index in [0.29, 0.717) is 17.7 Å². The van der Waals surface area contributed by atoms with Gasteiger partial charge in [-0.25, -0.2) is 0 Å². The number of unbranched alkanes of at least 4 members (excludes halogenated alkanes) is 3. The summed E-state index contributed by atoms with van der Waals surface area (Å²) in [6.07, 6.45) is 10.4. The Hall–Kier alpha value is -2.92. The Balaban J connectivity index is 1.12. The van der Waals surface area contributed by atoms with Gasteiger partial charge in [-0.05, 0) is 62.5 Å². The van der Waals surface area contributed by atoms with Gasteiger partial charge in [0.25, 0.3) is 11.8 Å². The second-order valence-electron chi connectivity index (χ2n) is 9.42. The Morgan fingerprint density at radius 3 is 2.06 bits per heavy atom. The van der Waals surface area contributed by atoms with E-state index in [-0.39, 0.29) is 11.8 Å². The Morgan fingerprint density at radius 2 is 1.33 bits per heavy atom. The van der Waals surface area contributed by atoms with E-state index in [1.807, 2.05) is 12.1 Å². The number of likely N-dealkylation sites (tertiary alicyclic amines) is 1. The molecule has 5 heteroatoms. The summed E-state index contributed by atoms with van der Waals surface area (Å²) >= 11 is 0. The zero-order valence-electron chi connectivity index (χ0n) is 19.3. The summed E-state index contributed by atoms with van der Waals surface area (Å²) in [5.74, 6) is -0.286. The minimum atomic E-state index is -0.143. The lowest BCUT2D eigenvalue weighted by Crippen LogP contribution is -2.30. The number of imide groups is 1. The van der Waals surface area contributed by atoms with E-state index in [1.165, 1.54) is 53.7 Å². The number of carbonyl (C=O) groups excluding carboxylic acids is 2. The van der Waals surface area contributed by atoms with Gasteiger partial charge in [0.2, 0.25) is 0 Å². The van der Waals surface area contributed by atoms with E-state index < -0.39 is 0 Å². The number of para-hydroxylation sites is 1. The molecule has 2 aromatic carbocycles. The van der Waals surface area contributed by atoms with Gasteiger partial charge in [-0.1, -0.05) is 49.6 Å².